The molecule has 1 unspecified atom stereocenters. The zero-order valence-corrected chi connectivity index (χ0v) is 21.6. The van der Waals surface area contributed by atoms with Gasteiger partial charge in [0.25, 0.3) is 0 Å². The number of fused-ring (bicyclic) bond motifs is 1. The van der Waals surface area contributed by atoms with Crippen LogP contribution in [0.5, 0.6) is 0 Å². The van der Waals surface area contributed by atoms with E-state index in [0.717, 1.165) is 44.6 Å². The lowest BCUT2D eigenvalue weighted by Crippen LogP contribution is -2.41. The zero-order chi connectivity index (χ0) is 25.9. The highest BCUT2D eigenvalue weighted by molar-refractivity contribution is 5.92. The number of imidazole rings is 1. The number of amides is 1. The molecule has 0 bridgehead atoms. The summed E-state index contributed by atoms with van der Waals surface area (Å²) in [5.74, 6) is 1.52. The van der Waals surface area contributed by atoms with Gasteiger partial charge in [-0.2, -0.15) is 9.97 Å². The van der Waals surface area contributed by atoms with Crippen molar-refractivity contribution in [2.24, 2.45) is 0 Å². The maximum absolute atomic E-state index is 12.8. The van der Waals surface area contributed by atoms with Gasteiger partial charge in [-0.3, -0.25) is 9.88 Å². The van der Waals surface area contributed by atoms with Gasteiger partial charge in [0.15, 0.2) is 17.0 Å². The molecule has 4 heterocycles. The Morgan fingerprint density at radius 3 is 2.74 bits per heavy atom. The summed E-state index contributed by atoms with van der Waals surface area (Å²) in [6.07, 6.45) is 10.9. The molecule has 3 N–H and O–H groups in total. The zero-order valence-electron chi connectivity index (χ0n) is 21.6. The molecule has 10 nitrogen and oxygen atoms in total. The number of rotatable bonds is 7. The van der Waals surface area contributed by atoms with E-state index in [1.807, 2.05) is 18.5 Å². The SMILES string of the molecule is CNc1nc(Nc2cccc(CN3CCCC(c4ccncc4)C3)c2)nc2c1ncn2C(=O)NC1CCC1. The first-order chi connectivity index (χ1) is 18.7. The van der Waals surface area contributed by atoms with E-state index < -0.39 is 0 Å². The van der Waals surface area contributed by atoms with Gasteiger partial charge in [-0.15, -0.1) is 0 Å². The summed E-state index contributed by atoms with van der Waals surface area (Å²) in [5.41, 5.74) is 4.52. The van der Waals surface area contributed by atoms with E-state index in [2.05, 4.69) is 71.1 Å². The Morgan fingerprint density at radius 2 is 1.95 bits per heavy atom. The molecule has 2 fully saturated rings. The monoisotopic (exact) mass is 511 g/mol. The van der Waals surface area contributed by atoms with Crippen molar-refractivity contribution in [1.82, 2.24) is 34.7 Å². The van der Waals surface area contributed by atoms with Gasteiger partial charge in [-0.1, -0.05) is 12.1 Å². The van der Waals surface area contributed by atoms with Crippen molar-refractivity contribution in [3.63, 3.8) is 0 Å². The van der Waals surface area contributed by atoms with E-state index in [1.165, 1.54) is 34.9 Å². The molecule has 1 aliphatic carbocycles. The minimum Gasteiger partial charge on any atom is -0.371 e. The smallest absolute Gasteiger partial charge is 0.328 e. The molecular weight excluding hydrogens is 478 g/mol. The molecule has 6 rings (SSSR count). The van der Waals surface area contributed by atoms with Crippen LogP contribution in [0.15, 0.2) is 55.1 Å². The maximum Gasteiger partial charge on any atom is 0.328 e. The lowest BCUT2D eigenvalue weighted by atomic mass is 9.91. The van der Waals surface area contributed by atoms with Crippen molar-refractivity contribution >= 4 is 34.6 Å². The highest BCUT2D eigenvalue weighted by Gasteiger charge is 2.23. The number of carbonyl (C=O) groups excluding carboxylic acids is 1. The fourth-order valence-electron chi connectivity index (χ4n) is 5.32. The summed E-state index contributed by atoms with van der Waals surface area (Å²) >= 11 is 0. The van der Waals surface area contributed by atoms with Crippen LogP contribution >= 0.6 is 0 Å². The van der Waals surface area contributed by atoms with Gasteiger partial charge < -0.3 is 16.0 Å². The second-order valence-electron chi connectivity index (χ2n) is 10.2. The van der Waals surface area contributed by atoms with Crippen LogP contribution in [0, 0.1) is 0 Å². The van der Waals surface area contributed by atoms with Crippen LogP contribution in [-0.4, -0.2) is 61.6 Å². The second-order valence-corrected chi connectivity index (χ2v) is 10.2. The fourth-order valence-corrected chi connectivity index (χ4v) is 5.32. The molecule has 10 heteroatoms. The van der Waals surface area contributed by atoms with Gasteiger partial charge >= 0.3 is 6.03 Å². The minimum atomic E-state index is -0.211. The normalized spacial score (nSPS) is 18.2. The average Bonchev–Trinajstić information content (AvgIpc) is 3.35. The number of benzene rings is 1. The summed E-state index contributed by atoms with van der Waals surface area (Å²) < 4.78 is 1.47. The van der Waals surface area contributed by atoms with Gasteiger partial charge in [0, 0.05) is 44.3 Å². The van der Waals surface area contributed by atoms with Crippen molar-refractivity contribution in [3.05, 3.63) is 66.2 Å². The molecule has 1 aliphatic heterocycles. The van der Waals surface area contributed by atoms with E-state index in [-0.39, 0.29) is 12.1 Å². The average molecular weight is 512 g/mol. The fraction of sp³-hybridized carbons (Fsp3) is 0.393. The third-order valence-corrected chi connectivity index (χ3v) is 7.56. The quantitative estimate of drug-likeness (QED) is 0.333. The summed E-state index contributed by atoms with van der Waals surface area (Å²) in [6, 6.07) is 12.6. The highest BCUT2D eigenvalue weighted by atomic mass is 16.2. The van der Waals surface area contributed by atoms with Crippen LogP contribution in [0.1, 0.15) is 49.1 Å². The number of piperidine rings is 1. The molecule has 0 radical (unpaired) electrons. The van der Waals surface area contributed by atoms with Gasteiger partial charge in [-0.25, -0.2) is 14.3 Å². The summed E-state index contributed by atoms with van der Waals surface area (Å²) in [6.45, 7) is 3.02. The third-order valence-electron chi connectivity index (χ3n) is 7.56. The number of nitrogens with one attached hydrogen (secondary N) is 3. The van der Waals surface area contributed by atoms with Crippen LogP contribution in [0.2, 0.25) is 0 Å². The predicted octanol–water partition coefficient (Wildman–Crippen LogP) is 4.50. The Hall–Kier alpha value is -4.05. The molecule has 1 saturated heterocycles. The Kier molecular flexibility index (Phi) is 6.87. The van der Waals surface area contributed by atoms with Crippen LogP contribution in [0.4, 0.5) is 22.2 Å². The van der Waals surface area contributed by atoms with Crippen molar-refractivity contribution in [2.75, 3.05) is 30.8 Å². The van der Waals surface area contributed by atoms with E-state index >= 15 is 0 Å². The van der Waals surface area contributed by atoms with Crippen LogP contribution in [0.3, 0.4) is 0 Å². The number of anilines is 3. The first-order valence-corrected chi connectivity index (χ1v) is 13.4. The van der Waals surface area contributed by atoms with Gasteiger partial charge in [-0.05, 0) is 80.0 Å². The predicted molar refractivity (Wildman–Crippen MR) is 148 cm³/mol. The van der Waals surface area contributed by atoms with Gasteiger partial charge in [0.05, 0.1) is 0 Å². The number of likely N-dealkylation sites (tertiary alicyclic amines) is 1. The van der Waals surface area contributed by atoms with Crippen molar-refractivity contribution < 1.29 is 4.79 Å². The van der Waals surface area contributed by atoms with Crippen molar-refractivity contribution in [2.45, 2.75) is 50.6 Å². The number of hydrogen-bond donors (Lipinski definition) is 3. The van der Waals surface area contributed by atoms with Crippen LogP contribution < -0.4 is 16.0 Å². The molecule has 1 aromatic carbocycles. The Morgan fingerprint density at radius 1 is 1.08 bits per heavy atom. The van der Waals surface area contributed by atoms with Crippen LogP contribution in [-0.2, 0) is 6.54 Å². The Bertz CT molecular complexity index is 1420. The van der Waals surface area contributed by atoms with E-state index in [4.69, 9.17) is 0 Å². The standard InChI is InChI=1S/C28H33N9O/c1-29-25-24-26(37(18-31-24)28(38)33-22-7-3-8-22)35-27(34-25)32-23-9-2-5-19(15-23)16-36-14-4-6-21(17-36)20-10-12-30-13-11-20/h2,5,9-13,15,18,21-22H,3-4,6-8,14,16-17H2,1H3,(H,33,38)(H2,29,32,34,35). The van der Waals surface area contributed by atoms with Crippen molar-refractivity contribution in [3.8, 4) is 0 Å². The molecule has 1 amide bonds. The molecule has 1 saturated carbocycles. The number of nitrogens with zero attached hydrogens (tertiary/aromatic N) is 6. The number of hydrogen-bond acceptors (Lipinski definition) is 8. The number of aromatic nitrogens is 5. The Balaban J connectivity index is 1.18. The number of pyridine rings is 1. The molecule has 1 atom stereocenters. The molecule has 196 valence electrons. The molecule has 0 spiro atoms. The highest BCUT2D eigenvalue weighted by Crippen LogP contribution is 2.28. The summed E-state index contributed by atoms with van der Waals surface area (Å²) in [7, 11) is 1.79. The molecule has 38 heavy (non-hydrogen) atoms. The van der Waals surface area contributed by atoms with E-state index in [0.29, 0.717) is 28.8 Å². The molecule has 3 aromatic heterocycles. The van der Waals surface area contributed by atoms with E-state index in [1.54, 1.807) is 7.05 Å². The summed E-state index contributed by atoms with van der Waals surface area (Å²) in [4.78, 5) is 33.2. The maximum atomic E-state index is 12.8. The summed E-state index contributed by atoms with van der Waals surface area (Å²) in [5, 5.41) is 9.48. The molecular formula is C28H33N9O. The minimum absolute atomic E-state index is 0.211. The van der Waals surface area contributed by atoms with Gasteiger partial charge in [0.1, 0.15) is 6.33 Å². The number of carbonyl (C=O) groups is 1. The first-order valence-electron chi connectivity index (χ1n) is 13.4. The topological polar surface area (TPSA) is 113 Å². The van der Waals surface area contributed by atoms with Crippen molar-refractivity contribution in [1.29, 1.82) is 0 Å². The molecule has 4 aromatic rings. The van der Waals surface area contributed by atoms with Crippen LogP contribution in [0.25, 0.3) is 11.2 Å². The largest absolute Gasteiger partial charge is 0.371 e. The second kappa shape index (κ2) is 10.7. The molecule has 2 aliphatic rings. The van der Waals surface area contributed by atoms with Gasteiger partial charge in [0.2, 0.25) is 5.95 Å². The first kappa shape index (κ1) is 24.3. The lowest BCUT2D eigenvalue weighted by Gasteiger charge is -2.33. The third kappa shape index (κ3) is 5.17. The lowest BCUT2D eigenvalue weighted by molar-refractivity contribution is 0.200. The Labute approximate surface area is 221 Å². The van der Waals surface area contributed by atoms with E-state index in [9.17, 15) is 4.79 Å².